The topological polar surface area (TPSA) is 84.3 Å². The van der Waals surface area contributed by atoms with Crippen LogP contribution in [-0.2, 0) is 16.1 Å². The summed E-state index contributed by atoms with van der Waals surface area (Å²) in [7, 11) is 0. The zero-order valence-electron chi connectivity index (χ0n) is 16.9. The number of rotatable bonds is 7. The van der Waals surface area contributed by atoms with Crippen LogP contribution in [0.3, 0.4) is 0 Å². The molecule has 28 heavy (non-hydrogen) atoms. The van der Waals surface area contributed by atoms with Gasteiger partial charge in [-0.25, -0.2) is 4.98 Å². The molecular weight excluding hydrogens is 356 g/mol. The standard InChI is InChI=1S/C21H28N4O3/c1-14-12-17-18(13-15(14)2)25(21(28)16(3)23-17)11-7-19(26)22-8-5-10-24-9-4-6-20(24)27/h12-13H,4-11H2,1-3H3,(H,22,26). The minimum absolute atomic E-state index is 0.0916. The number of aryl methyl sites for hydroxylation is 4. The Balaban J connectivity index is 1.59. The number of carbonyl (C=O) groups is 2. The van der Waals surface area contributed by atoms with Crippen LogP contribution in [0.5, 0.6) is 0 Å². The van der Waals surface area contributed by atoms with E-state index in [4.69, 9.17) is 0 Å². The van der Waals surface area contributed by atoms with Gasteiger partial charge < -0.3 is 14.8 Å². The molecule has 1 N–H and O–H groups in total. The average molecular weight is 384 g/mol. The molecule has 2 amide bonds. The minimum atomic E-state index is -0.156. The highest BCUT2D eigenvalue weighted by Gasteiger charge is 2.19. The summed E-state index contributed by atoms with van der Waals surface area (Å²) in [5, 5.41) is 2.89. The van der Waals surface area contributed by atoms with Crippen molar-refractivity contribution in [1.82, 2.24) is 19.8 Å². The molecule has 7 heteroatoms. The highest BCUT2D eigenvalue weighted by molar-refractivity contribution is 5.79. The largest absolute Gasteiger partial charge is 0.356 e. The Morgan fingerprint density at radius 2 is 1.89 bits per heavy atom. The lowest BCUT2D eigenvalue weighted by Gasteiger charge is -2.15. The van der Waals surface area contributed by atoms with Crippen molar-refractivity contribution in [2.24, 2.45) is 0 Å². The number of fused-ring (bicyclic) bond motifs is 1. The molecule has 7 nitrogen and oxygen atoms in total. The van der Waals surface area contributed by atoms with Crippen LogP contribution in [0.2, 0.25) is 0 Å². The van der Waals surface area contributed by atoms with Crippen molar-refractivity contribution in [3.8, 4) is 0 Å². The van der Waals surface area contributed by atoms with Crippen molar-refractivity contribution in [3.05, 3.63) is 39.3 Å². The molecule has 0 radical (unpaired) electrons. The Kier molecular flexibility index (Phi) is 6.11. The van der Waals surface area contributed by atoms with E-state index < -0.39 is 0 Å². The highest BCUT2D eigenvalue weighted by Crippen LogP contribution is 2.17. The van der Waals surface area contributed by atoms with Crippen LogP contribution in [0.25, 0.3) is 11.0 Å². The van der Waals surface area contributed by atoms with Crippen LogP contribution in [0.4, 0.5) is 0 Å². The summed E-state index contributed by atoms with van der Waals surface area (Å²) < 4.78 is 1.65. The molecule has 3 rings (SSSR count). The summed E-state index contributed by atoms with van der Waals surface area (Å²) in [6, 6.07) is 3.94. The van der Waals surface area contributed by atoms with Gasteiger partial charge in [-0.3, -0.25) is 14.4 Å². The molecule has 150 valence electrons. The van der Waals surface area contributed by atoms with E-state index in [-0.39, 0.29) is 23.8 Å². The molecule has 1 aliphatic rings. The first-order valence-corrected chi connectivity index (χ1v) is 9.89. The van der Waals surface area contributed by atoms with Crippen molar-refractivity contribution >= 4 is 22.8 Å². The van der Waals surface area contributed by atoms with Crippen LogP contribution < -0.4 is 10.9 Å². The molecule has 1 aromatic carbocycles. The monoisotopic (exact) mass is 384 g/mol. The first-order valence-electron chi connectivity index (χ1n) is 9.89. The van der Waals surface area contributed by atoms with Crippen LogP contribution in [0.1, 0.15) is 42.5 Å². The quantitative estimate of drug-likeness (QED) is 0.738. The molecule has 0 aliphatic carbocycles. The third-order valence-corrected chi connectivity index (χ3v) is 5.39. The van der Waals surface area contributed by atoms with Gasteiger partial charge in [-0.05, 0) is 56.9 Å². The van der Waals surface area contributed by atoms with Crippen molar-refractivity contribution in [2.75, 3.05) is 19.6 Å². The second kappa shape index (κ2) is 8.54. The van der Waals surface area contributed by atoms with Crippen LogP contribution >= 0.6 is 0 Å². The summed E-state index contributed by atoms with van der Waals surface area (Å²) in [5.41, 5.74) is 4.03. The summed E-state index contributed by atoms with van der Waals surface area (Å²) in [5.74, 6) is 0.113. The van der Waals surface area contributed by atoms with Gasteiger partial charge in [0.2, 0.25) is 11.8 Å². The predicted octanol–water partition coefficient (Wildman–Crippen LogP) is 1.84. The Hall–Kier alpha value is -2.70. The Bertz CT molecular complexity index is 964. The second-order valence-corrected chi connectivity index (χ2v) is 7.52. The fourth-order valence-corrected chi connectivity index (χ4v) is 3.59. The Labute approximate surface area is 164 Å². The van der Waals surface area contributed by atoms with Crippen molar-refractivity contribution in [3.63, 3.8) is 0 Å². The number of nitrogens with one attached hydrogen (secondary N) is 1. The van der Waals surface area contributed by atoms with Crippen molar-refractivity contribution < 1.29 is 9.59 Å². The lowest BCUT2D eigenvalue weighted by atomic mass is 10.1. The molecule has 0 unspecified atom stereocenters. The smallest absolute Gasteiger partial charge is 0.272 e. The van der Waals surface area contributed by atoms with Gasteiger partial charge in [0, 0.05) is 39.0 Å². The number of amides is 2. The summed E-state index contributed by atoms with van der Waals surface area (Å²) in [6.07, 6.45) is 2.54. The molecule has 1 fully saturated rings. The molecule has 2 aromatic rings. The van der Waals surface area contributed by atoms with Crippen LogP contribution in [0, 0.1) is 20.8 Å². The molecule has 1 saturated heterocycles. The third kappa shape index (κ3) is 4.40. The maximum absolute atomic E-state index is 12.6. The molecule has 1 aromatic heterocycles. The predicted molar refractivity (Wildman–Crippen MR) is 108 cm³/mol. The SMILES string of the molecule is Cc1cc2nc(C)c(=O)n(CCC(=O)NCCCN3CCCC3=O)c2cc1C. The number of hydrogen-bond donors (Lipinski definition) is 1. The first kappa shape index (κ1) is 20.0. The molecule has 0 bridgehead atoms. The van der Waals surface area contributed by atoms with E-state index in [1.54, 1.807) is 11.5 Å². The number of benzene rings is 1. The van der Waals surface area contributed by atoms with Crippen molar-refractivity contribution in [1.29, 1.82) is 0 Å². The maximum atomic E-state index is 12.6. The Morgan fingerprint density at radius 1 is 1.14 bits per heavy atom. The van der Waals surface area contributed by atoms with Gasteiger partial charge in [0.1, 0.15) is 5.69 Å². The zero-order valence-corrected chi connectivity index (χ0v) is 16.9. The number of hydrogen-bond acceptors (Lipinski definition) is 4. The summed E-state index contributed by atoms with van der Waals surface area (Å²) in [4.78, 5) is 42.6. The van der Waals surface area contributed by atoms with E-state index in [1.165, 1.54) is 0 Å². The van der Waals surface area contributed by atoms with Crippen LogP contribution in [0.15, 0.2) is 16.9 Å². The normalized spacial score (nSPS) is 14.1. The fourth-order valence-electron chi connectivity index (χ4n) is 3.59. The van der Waals surface area contributed by atoms with Gasteiger partial charge in [0.05, 0.1) is 11.0 Å². The number of carbonyl (C=O) groups excluding carboxylic acids is 2. The van der Waals surface area contributed by atoms with E-state index in [0.29, 0.717) is 31.7 Å². The van der Waals surface area contributed by atoms with E-state index in [0.717, 1.165) is 41.5 Å². The maximum Gasteiger partial charge on any atom is 0.272 e. The van der Waals surface area contributed by atoms with Gasteiger partial charge in [0.25, 0.3) is 5.56 Å². The molecule has 2 heterocycles. The highest BCUT2D eigenvalue weighted by atomic mass is 16.2. The van der Waals surface area contributed by atoms with Crippen LogP contribution in [-0.4, -0.2) is 45.9 Å². The van der Waals surface area contributed by atoms with E-state index in [2.05, 4.69) is 10.3 Å². The van der Waals surface area contributed by atoms with Gasteiger partial charge in [-0.15, -0.1) is 0 Å². The van der Waals surface area contributed by atoms with Gasteiger partial charge in [-0.2, -0.15) is 0 Å². The minimum Gasteiger partial charge on any atom is -0.356 e. The number of nitrogens with zero attached hydrogens (tertiary/aromatic N) is 3. The summed E-state index contributed by atoms with van der Waals surface area (Å²) >= 11 is 0. The molecule has 0 saturated carbocycles. The van der Waals surface area contributed by atoms with Gasteiger partial charge >= 0.3 is 0 Å². The first-order chi connectivity index (χ1) is 13.4. The fraction of sp³-hybridized carbons (Fsp3) is 0.524. The molecule has 0 spiro atoms. The third-order valence-electron chi connectivity index (χ3n) is 5.39. The molecule has 0 atom stereocenters. The lowest BCUT2D eigenvalue weighted by Crippen LogP contribution is -2.32. The molecule has 1 aliphatic heterocycles. The zero-order chi connectivity index (χ0) is 20.3. The van der Waals surface area contributed by atoms with E-state index >= 15 is 0 Å². The summed E-state index contributed by atoms with van der Waals surface area (Å²) in [6.45, 7) is 8.08. The van der Waals surface area contributed by atoms with Crippen molar-refractivity contribution in [2.45, 2.75) is 53.0 Å². The average Bonchev–Trinajstić information content (AvgIpc) is 3.06. The van der Waals surface area contributed by atoms with Gasteiger partial charge in [-0.1, -0.05) is 0 Å². The lowest BCUT2D eigenvalue weighted by molar-refractivity contribution is -0.127. The Morgan fingerprint density at radius 3 is 2.61 bits per heavy atom. The van der Waals surface area contributed by atoms with E-state index in [1.807, 2.05) is 30.9 Å². The number of aromatic nitrogens is 2. The second-order valence-electron chi connectivity index (χ2n) is 7.52. The number of likely N-dealkylation sites (tertiary alicyclic amines) is 1. The van der Waals surface area contributed by atoms with E-state index in [9.17, 15) is 14.4 Å². The molecular formula is C21H28N4O3. The van der Waals surface area contributed by atoms with Gasteiger partial charge in [0.15, 0.2) is 0 Å².